The molecule has 1 atom stereocenters. The number of nitrogens with one attached hydrogen (secondary N) is 1. The van der Waals surface area contributed by atoms with Gasteiger partial charge in [-0.15, -0.1) is 0 Å². The Hall–Kier alpha value is -3.85. The van der Waals surface area contributed by atoms with Gasteiger partial charge in [-0.25, -0.2) is 8.42 Å². The van der Waals surface area contributed by atoms with Gasteiger partial charge in [-0.05, 0) is 67.3 Å². The Morgan fingerprint density at radius 2 is 1.56 bits per heavy atom. The lowest BCUT2D eigenvalue weighted by molar-refractivity contribution is -0.140. The third kappa shape index (κ3) is 7.38. The maximum absolute atomic E-state index is 14.0. The number of rotatable bonds is 13. The lowest BCUT2D eigenvalue weighted by atomic mass is 10.1. The molecular weight excluding hydrogens is 514 g/mol. The second kappa shape index (κ2) is 13.8. The molecule has 3 aromatic carbocycles. The summed E-state index contributed by atoms with van der Waals surface area (Å²) in [7, 11) is -2.62. The Labute approximate surface area is 231 Å². The van der Waals surface area contributed by atoms with Crippen LogP contribution in [0.2, 0.25) is 0 Å². The number of nitrogens with zero attached hydrogens (tertiary/aromatic N) is 2. The van der Waals surface area contributed by atoms with Crippen LogP contribution in [0, 0.1) is 6.92 Å². The molecule has 0 saturated heterocycles. The van der Waals surface area contributed by atoms with E-state index in [2.05, 4.69) is 5.32 Å². The van der Waals surface area contributed by atoms with Crippen LogP contribution >= 0.6 is 0 Å². The summed E-state index contributed by atoms with van der Waals surface area (Å²) in [6.07, 6.45) is 1.14. The normalized spacial score (nSPS) is 11.9. The minimum Gasteiger partial charge on any atom is -0.497 e. The number of carbonyl (C=O) groups is 2. The van der Waals surface area contributed by atoms with E-state index in [1.54, 1.807) is 42.5 Å². The van der Waals surface area contributed by atoms with Crippen molar-refractivity contribution >= 4 is 27.5 Å². The number of carbonyl (C=O) groups excluding carboxylic acids is 2. The highest BCUT2D eigenvalue weighted by Gasteiger charge is 2.33. The summed E-state index contributed by atoms with van der Waals surface area (Å²) in [5.74, 6) is -0.215. The van der Waals surface area contributed by atoms with Crippen molar-refractivity contribution in [3.63, 3.8) is 0 Å². The molecule has 0 spiro atoms. The Balaban J connectivity index is 2.03. The summed E-state index contributed by atoms with van der Waals surface area (Å²) in [4.78, 5) is 28.7. The first kappa shape index (κ1) is 29.7. The molecule has 0 fully saturated rings. The highest BCUT2D eigenvalue weighted by molar-refractivity contribution is 7.92. The lowest BCUT2D eigenvalue weighted by Gasteiger charge is -2.33. The summed E-state index contributed by atoms with van der Waals surface area (Å²) in [5, 5.41) is 2.89. The molecule has 0 aliphatic rings. The van der Waals surface area contributed by atoms with Crippen LogP contribution in [0.1, 0.15) is 37.8 Å². The zero-order valence-corrected chi connectivity index (χ0v) is 23.8. The minimum absolute atomic E-state index is 0.0261. The number of sulfonamides is 1. The molecule has 39 heavy (non-hydrogen) atoms. The number of hydrogen-bond donors (Lipinski definition) is 1. The molecule has 8 nitrogen and oxygen atoms in total. The van der Waals surface area contributed by atoms with Gasteiger partial charge in [-0.2, -0.15) is 0 Å². The Kier molecular flexibility index (Phi) is 10.5. The van der Waals surface area contributed by atoms with Crippen molar-refractivity contribution < 1.29 is 22.7 Å². The lowest BCUT2D eigenvalue weighted by Crippen LogP contribution is -2.52. The van der Waals surface area contributed by atoms with E-state index in [0.717, 1.165) is 21.9 Å². The van der Waals surface area contributed by atoms with E-state index in [1.807, 2.05) is 45.0 Å². The molecule has 0 saturated carbocycles. The van der Waals surface area contributed by atoms with Gasteiger partial charge in [0.1, 0.15) is 18.3 Å². The van der Waals surface area contributed by atoms with E-state index < -0.39 is 28.5 Å². The maximum atomic E-state index is 14.0. The highest BCUT2D eigenvalue weighted by Crippen LogP contribution is 2.26. The van der Waals surface area contributed by atoms with E-state index in [-0.39, 0.29) is 17.3 Å². The number of benzene rings is 3. The summed E-state index contributed by atoms with van der Waals surface area (Å²) in [5.41, 5.74) is 2.21. The first-order chi connectivity index (χ1) is 18.7. The molecular formula is C30H37N3O5S. The number of para-hydroxylation sites is 1. The van der Waals surface area contributed by atoms with Gasteiger partial charge in [0, 0.05) is 13.1 Å². The molecule has 2 amide bonds. The molecule has 3 rings (SSSR count). The number of amides is 2. The smallest absolute Gasteiger partial charge is 0.264 e. The number of aryl methyl sites for hydroxylation is 1. The monoisotopic (exact) mass is 551 g/mol. The fourth-order valence-electron chi connectivity index (χ4n) is 4.25. The Morgan fingerprint density at radius 1 is 0.923 bits per heavy atom. The predicted molar refractivity (Wildman–Crippen MR) is 153 cm³/mol. The SMILES string of the molecule is CCCNC(=O)[C@H](CC)N(Cc1ccccc1C)C(=O)CN(c1ccccc1)S(=O)(=O)c1ccc(OC)cc1. The van der Waals surface area contributed by atoms with Crippen LogP contribution in [-0.2, 0) is 26.2 Å². The van der Waals surface area contributed by atoms with E-state index >= 15 is 0 Å². The van der Waals surface area contributed by atoms with Gasteiger partial charge >= 0.3 is 0 Å². The molecule has 208 valence electrons. The van der Waals surface area contributed by atoms with Crippen molar-refractivity contribution in [2.45, 2.75) is 51.1 Å². The van der Waals surface area contributed by atoms with E-state index in [4.69, 9.17) is 4.74 Å². The average Bonchev–Trinajstić information content (AvgIpc) is 2.95. The average molecular weight is 552 g/mol. The molecule has 3 aromatic rings. The topological polar surface area (TPSA) is 96.0 Å². The maximum Gasteiger partial charge on any atom is 0.264 e. The predicted octanol–water partition coefficient (Wildman–Crippen LogP) is 4.53. The summed E-state index contributed by atoms with van der Waals surface area (Å²) >= 11 is 0. The van der Waals surface area contributed by atoms with Crippen LogP contribution in [0.3, 0.4) is 0 Å². The molecule has 9 heteroatoms. The van der Waals surface area contributed by atoms with Crippen molar-refractivity contribution in [1.29, 1.82) is 0 Å². The second-order valence-electron chi connectivity index (χ2n) is 9.19. The standard InChI is InChI=1S/C30H37N3O5S/c1-5-20-31-30(35)28(6-2)32(21-24-13-11-10-12-23(24)3)29(34)22-33(25-14-8-7-9-15-25)39(36,37)27-18-16-26(38-4)17-19-27/h7-19,28H,5-6,20-22H2,1-4H3,(H,31,35)/t28-/m0/s1. The molecule has 0 aliphatic heterocycles. The van der Waals surface area contributed by atoms with Gasteiger partial charge in [0.15, 0.2) is 0 Å². The molecule has 0 unspecified atom stereocenters. The summed E-state index contributed by atoms with van der Waals surface area (Å²) < 4.78 is 34.0. The molecule has 0 aliphatic carbocycles. The highest BCUT2D eigenvalue weighted by atomic mass is 32.2. The first-order valence-corrected chi connectivity index (χ1v) is 14.5. The van der Waals surface area contributed by atoms with Crippen LogP contribution in [-0.4, -0.2) is 51.4 Å². The van der Waals surface area contributed by atoms with E-state index in [1.165, 1.54) is 24.1 Å². The summed E-state index contributed by atoms with van der Waals surface area (Å²) in [6.45, 7) is 5.94. The molecule has 0 radical (unpaired) electrons. The van der Waals surface area contributed by atoms with Crippen molar-refractivity contribution in [2.75, 3.05) is 24.5 Å². The van der Waals surface area contributed by atoms with Crippen LogP contribution < -0.4 is 14.4 Å². The Bertz CT molecular complexity index is 1340. The van der Waals surface area contributed by atoms with Crippen molar-refractivity contribution in [3.8, 4) is 5.75 Å². The largest absolute Gasteiger partial charge is 0.497 e. The van der Waals surface area contributed by atoms with Crippen LogP contribution in [0.15, 0.2) is 83.8 Å². The van der Waals surface area contributed by atoms with Crippen molar-refractivity contribution in [2.24, 2.45) is 0 Å². The van der Waals surface area contributed by atoms with Crippen LogP contribution in [0.4, 0.5) is 5.69 Å². The summed E-state index contributed by atoms with van der Waals surface area (Å²) in [6, 6.07) is 21.4. The van der Waals surface area contributed by atoms with Gasteiger partial charge in [0.2, 0.25) is 11.8 Å². The molecule has 0 aromatic heterocycles. The minimum atomic E-state index is -4.13. The van der Waals surface area contributed by atoms with Gasteiger partial charge in [0.05, 0.1) is 17.7 Å². The number of anilines is 1. The third-order valence-electron chi connectivity index (χ3n) is 6.51. The first-order valence-electron chi connectivity index (χ1n) is 13.1. The van der Waals surface area contributed by atoms with Crippen molar-refractivity contribution in [3.05, 3.63) is 90.0 Å². The Morgan fingerprint density at radius 3 is 2.15 bits per heavy atom. The number of ether oxygens (including phenoxy) is 1. The second-order valence-corrected chi connectivity index (χ2v) is 11.0. The van der Waals surface area contributed by atoms with Gasteiger partial charge < -0.3 is 15.0 Å². The zero-order chi connectivity index (χ0) is 28.4. The van der Waals surface area contributed by atoms with Crippen LogP contribution in [0.25, 0.3) is 0 Å². The van der Waals surface area contributed by atoms with E-state index in [0.29, 0.717) is 24.4 Å². The van der Waals surface area contributed by atoms with E-state index in [9.17, 15) is 18.0 Å². The fraction of sp³-hybridized carbons (Fsp3) is 0.333. The molecule has 0 heterocycles. The third-order valence-corrected chi connectivity index (χ3v) is 8.30. The molecule has 1 N–H and O–H groups in total. The molecule has 0 bridgehead atoms. The van der Waals surface area contributed by atoms with Crippen LogP contribution in [0.5, 0.6) is 5.75 Å². The zero-order valence-electron chi connectivity index (χ0n) is 23.0. The number of methoxy groups -OCH3 is 1. The fourth-order valence-corrected chi connectivity index (χ4v) is 5.67. The quantitative estimate of drug-likeness (QED) is 0.337. The van der Waals surface area contributed by atoms with Crippen molar-refractivity contribution in [1.82, 2.24) is 10.2 Å². The van der Waals surface area contributed by atoms with Gasteiger partial charge in [0.25, 0.3) is 10.0 Å². The van der Waals surface area contributed by atoms with Gasteiger partial charge in [-0.3, -0.25) is 13.9 Å². The number of hydrogen-bond acceptors (Lipinski definition) is 5. The van der Waals surface area contributed by atoms with Gasteiger partial charge in [-0.1, -0.05) is 56.3 Å².